The number of H-pyrrole nitrogens is 1. The first kappa shape index (κ1) is 11.6. The fourth-order valence-corrected chi connectivity index (χ4v) is 1.96. The number of aryl methyl sites for hydroxylation is 1. The molecule has 1 aromatic carbocycles. The van der Waals surface area contributed by atoms with Crippen molar-refractivity contribution in [3.05, 3.63) is 52.6 Å². The molecule has 1 heterocycles. The number of aromatic nitrogens is 2. The number of aromatic amines is 1. The maximum Gasteiger partial charge on any atom is 0.266 e. The summed E-state index contributed by atoms with van der Waals surface area (Å²) in [4.78, 5) is 14.0. The Labute approximate surface area is 104 Å². The number of imidazole rings is 1. The first-order valence-electron chi connectivity index (χ1n) is 5.30. The molecule has 3 N–H and O–H groups in total. The van der Waals surface area contributed by atoms with Gasteiger partial charge in [-0.15, -0.1) is 0 Å². The summed E-state index contributed by atoms with van der Waals surface area (Å²) in [6, 6.07) is 10.0. The lowest BCUT2D eigenvalue weighted by atomic mass is 10.1. The van der Waals surface area contributed by atoms with Crippen molar-refractivity contribution in [3.63, 3.8) is 0 Å². The largest absolute Gasteiger partial charge is 0.364 e. The molecule has 0 aliphatic heterocycles. The van der Waals surface area contributed by atoms with E-state index in [4.69, 9.17) is 18.0 Å². The number of nitrogens with two attached hydrogens (primary N) is 1. The number of hydrogen-bond acceptors (Lipinski definition) is 2. The summed E-state index contributed by atoms with van der Waals surface area (Å²) in [6.45, 7) is 0.643. The molecule has 1 aromatic heterocycles. The summed E-state index contributed by atoms with van der Waals surface area (Å²) in [5, 5.41) is 0. The molecule has 0 aliphatic carbocycles. The highest BCUT2D eigenvalue weighted by atomic mass is 32.1. The predicted molar refractivity (Wildman–Crippen MR) is 68.3 cm³/mol. The molecule has 88 valence electrons. The first-order chi connectivity index (χ1) is 8.18. The van der Waals surface area contributed by atoms with Crippen LogP contribution in [-0.4, -0.2) is 15.5 Å². The van der Waals surface area contributed by atoms with Gasteiger partial charge in [0.1, 0.15) is 5.69 Å². The summed E-state index contributed by atoms with van der Waals surface area (Å²) in [7, 11) is 0. The van der Waals surface area contributed by atoms with Gasteiger partial charge in [0.25, 0.3) is 5.91 Å². The fourth-order valence-electron chi connectivity index (χ4n) is 1.71. The van der Waals surface area contributed by atoms with E-state index in [0.717, 1.165) is 6.42 Å². The highest BCUT2D eigenvalue weighted by Gasteiger charge is 2.08. The van der Waals surface area contributed by atoms with Crippen LogP contribution in [0.3, 0.4) is 0 Å². The van der Waals surface area contributed by atoms with Gasteiger partial charge >= 0.3 is 0 Å². The SMILES string of the molecule is NC(=O)c1c[nH]c(=S)n1CCc1ccccc1. The Morgan fingerprint density at radius 1 is 1.35 bits per heavy atom. The van der Waals surface area contributed by atoms with Crippen molar-refractivity contribution in [3.8, 4) is 0 Å². The Hall–Kier alpha value is -1.88. The lowest BCUT2D eigenvalue weighted by Crippen LogP contribution is -2.17. The molecule has 0 saturated carbocycles. The average molecular weight is 247 g/mol. The van der Waals surface area contributed by atoms with Gasteiger partial charge in [-0.1, -0.05) is 30.3 Å². The summed E-state index contributed by atoms with van der Waals surface area (Å²) in [6.07, 6.45) is 2.36. The van der Waals surface area contributed by atoms with Gasteiger partial charge in [0.05, 0.1) is 0 Å². The van der Waals surface area contributed by atoms with E-state index in [-0.39, 0.29) is 0 Å². The van der Waals surface area contributed by atoms with Gasteiger partial charge in [-0.2, -0.15) is 0 Å². The van der Waals surface area contributed by atoms with Crippen LogP contribution in [0.1, 0.15) is 16.1 Å². The van der Waals surface area contributed by atoms with E-state index < -0.39 is 5.91 Å². The van der Waals surface area contributed by atoms with E-state index >= 15 is 0 Å². The zero-order valence-corrected chi connectivity index (χ0v) is 10.0. The van der Waals surface area contributed by atoms with Crippen molar-refractivity contribution in [2.75, 3.05) is 0 Å². The number of primary amides is 1. The van der Waals surface area contributed by atoms with Gasteiger partial charge in [-0.25, -0.2) is 0 Å². The molecule has 4 nitrogen and oxygen atoms in total. The van der Waals surface area contributed by atoms with Crippen molar-refractivity contribution < 1.29 is 4.79 Å². The Morgan fingerprint density at radius 3 is 2.71 bits per heavy atom. The maximum atomic E-state index is 11.2. The van der Waals surface area contributed by atoms with Gasteiger partial charge in [-0.3, -0.25) is 4.79 Å². The monoisotopic (exact) mass is 247 g/mol. The molecule has 0 spiro atoms. The van der Waals surface area contributed by atoms with Crippen molar-refractivity contribution in [2.24, 2.45) is 5.73 Å². The lowest BCUT2D eigenvalue weighted by molar-refractivity contribution is 0.0991. The van der Waals surface area contributed by atoms with E-state index in [9.17, 15) is 4.79 Å². The number of carbonyl (C=O) groups excluding carboxylic acids is 1. The third-order valence-corrected chi connectivity index (χ3v) is 2.93. The zero-order valence-electron chi connectivity index (χ0n) is 9.22. The molecule has 0 aliphatic rings. The van der Waals surface area contributed by atoms with Gasteiger partial charge in [0.15, 0.2) is 4.77 Å². The Morgan fingerprint density at radius 2 is 2.06 bits per heavy atom. The predicted octanol–water partition coefficient (Wildman–Crippen LogP) is 1.89. The van der Waals surface area contributed by atoms with Crippen LogP contribution >= 0.6 is 12.2 Å². The van der Waals surface area contributed by atoms with Crippen molar-refractivity contribution in [1.29, 1.82) is 0 Å². The Bertz CT molecular complexity index is 571. The Kier molecular flexibility index (Phi) is 3.39. The molecule has 5 heteroatoms. The molecule has 17 heavy (non-hydrogen) atoms. The van der Waals surface area contributed by atoms with E-state index in [2.05, 4.69) is 4.98 Å². The van der Waals surface area contributed by atoms with E-state index in [1.54, 1.807) is 10.8 Å². The van der Waals surface area contributed by atoms with Gasteiger partial charge < -0.3 is 15.3 Å². The van der Waals surface area contributed by atoms with Crippen LogP contribution in [0.25, 0.3) is 0 Å². The smallest absolute Gasteiger partial charge is 0.266 e. The second kappa shape index (κ2) is 4.97. The maximum absolute atomic E-state index is 11.2. The number of carbonyl (C=O) groups is 1. The molecule has 0 radical (unpaired) electrons. The number of hydrogen-bond donors (Lipinski definition) is 2. The summed E-state index contributed by atoms with van der Waals surface area (Å²) < 4.78 is 2.25. The number of rotatable bonds is 4. The lowest BCUT2D eigenvalue weighted by Gasteiger charge is -2.05. The normalized spacial score (nSPS) is 10.4. The minimum Gasteiger partial charge on any atom is -0.364 e. The van der Waals surface area contributed by atoms with Crippen LogP contribution in [0, 0.1) is 4.77 Å². The minimum atomic E-state index is -0.467. The van der Waals surface area contributed by atoms with E-state index in [1.165, 1.54) is 5.56 Å². The topological polar surface area (TPSA) is 63.8 Å². The minimum absolute atomic E-state index is 0.422. The van der Waals surface area contributed by atoms with Crippen LogP contribution in [0.4, 0.5) is 0 Å². The molecule has 0 unspecified atom stereocenters. The zero-order chi connectivity index (χ0) is 12.3. The van der Waals surface area contributed by atoms with Crippen LogP contribution in [-0.2, 0) is 13.0 Å². The average Bonchev–Trinajstić information content (AvgIpc) is 2.69. The summed E-state index contributed by atoms with van der Waals surface area (Å²) >= 11 is 5.11. The highest BCUT2D eigenvalue weighted by molar-refractivity contribution is 7.71. The second-order valence-corrected chi connectivity index (χ2v) is 4.12. The second-order valence-electron chi connectivity index (χ2n) is 3.73. The third kappa shape index (κ3) is 2.62. The quantitative estimate of drug-likeness (QED) is 0.810. The van der Waals surface area contributed by atoms with Gasteiger partial charge in [0.2, 0.25) is 0 Å². The molecular weight excluding hydrogens is 234 g/mol. The van der Waals surface area contributed by atoms with Crippen LogP contribution in [0.15, 0.2) is 36.5 Å². The summed E-state index contributed by atoms with van der Waals surface area (Å²) in [5.74, 6) is -0.467. The van der Waals surface area contributed by atoms with Crippen LogP contribution in [0.2, 0.25) is 0 Å². The first-order valence-corrected chi connectivity index (χ1v) is 5.71. The molecule has 1 amide bonds. The highest BCUT2D eigenvalue weighted by Crippen LogP contribution is 2.06. The molecule has 0 saturated heterocycles. The molecule has 0 fully saturated rings. The molecular formula is C12H13N3OS. The number of nitrogens with one attached hydrogen (secondary N) is 1. The van der Waals surface area contributed by atoms with Crippen molar-refractivity contribution >= 4 is 18.1 Å². The molecule has 0 atom stereocenters. The molecule has 2 rings (SSSR count). The number of benzene rings is 1. The number of nitrogens with zero attached hydrogens (tertiary/aromatic N) is 1. The van der Waals surface area contributed by atoms with Gasteiger partial charge in [0, 0.05) is 12.7 Å². The Balaban J connectivity index is 2.17. The third-order valence-electron chi connectivity index (χ3n) is 2.59. The standard InChI is InChI=1S/C12H13N3OS/c13-11(16)10-8-14-12(17)15(10)7-6-9-4-2-1-3-5-9/h1-5,8H,6-7H2,(H2,13,16)(H,14,17). The van der Waals surface area contributed by atoms with Gasteiger partial charge in [-0.05, 0) is 24.2 Å². The van der Waals surface area contributed by atoms with E-state index in [1.807, 2.05) is 30.3 Å². The van der Waals surface area contributed by atoms with Crippen LogP contribution in [0.5, 0.6) is 0 Å². The fraction of sp³-hybridized carbons (Fsp3) is 0.167. The molecule has 0 bridgehead atoms. The molecule has 2 aromatic rings. The van der Waals surface area contributed by atoms with E-state index in [0.29, 0.717) is 17.0 Å². The van der Waals surface area contributed by atoms with Crippen molar-refractivity contribution in [1.82, 2.24) is 9.55 Å². The summed E-state index contributed by atoms with van der Waals surface area (Å²) in [5.41, 5.74) is 6.89. The number of amides is 1. The van der Waals surface area contributed by atoms with Crippen molar-refractivity contribution in [2.45, 2.75) is 13.0 Å². The van der Waals surface area contributed by atoms with Crippen LogP contribution < -0.4 is 5.73 Å².